The summed E-state index contributed by atoms with van der Waals surface area (Å²) in [6, 6.07) is 5.21. The van der Waals surface area contributed by atoms with Crippen molar-refractivity contribution in [2.45, 2.75) is 13.8 Å². The van der Waals surface area contributed by atoms with Gasteiger partial charge in [0.15, 0.2) is 5.15 Å². The monoisotopic (exact) mass is 368 g/mol. The van der Waals surface area contributed by atoms with Gasteiger partial charge in [0, 0.05) is 22.9 Å². The Labute approximate surface area is 136 Å². The first kappa shape index (κ1) is 15.7. The molecule has 2 rings (SSSR count). The molecule has 0 saturated heterocycles. The average molecular weight is 370 g/mol. The van der Waals surface area contributed by atoms with Gasteiger partial charge < -0.3 is 10.6 Å². The zero-order valence-corrected chi connectivity index (χ0v) is 13.9. The van der Waals surface area contributed by atoms with Crippen LogP contribution in [0.2, 0.25) is 5.15 Å². The Balaban J connectivity index is 2.29. The molecule has 0 fully saturated rings. The first-order valence-corrected chi connectivity index (χ1v) is 7.52. The fraction of sp³-hybridized carbons (Fsp3) is 0.214. The largest absolute Gasteiger partial charge is 0.370 e. The quantitative estimate of drug-likeness (QED) is 0.803. The lowest BCUT2D eigenvalue weighted by atomic mass is 10.2. The van der Waals surface area contributed by atoms with E-state index in [9.17, 15) is 4.79 Å². The van der Waals surface area contributed by atoms with E-state index in [1.54, 1.807) is 24.4 Å². The van der Waals surface area contributed by atoms with Crippen molar-refractivity contribution in [1.82, 2.24) is 9.97 Å². The van der Waals surface area contributed by atoms with Crippen LogP contribution in [0.4, 0.5) is 11.5 Å². The lowest BCUT2D eigenvalue weighted by Crippen LogP contribution is -2.16. The predicted molar refractivity (Wildman–Crippen MR) is 88.0 cm³/mol. The molecule has 5 nitrogen and oxygen atoms in total. The minimum atomic E-state index is -0.299. The molecule has 2 N–H and O–H groups in total. The highest BCUT2D eigenvalue weighted by atomic mass is 79.9. The zero-order valence-electron chi connectivity index (χ0n) is 11.6. The molecule has 2 heterocycles. The Morgan fingerprint density at radius 1 is 1.43 bits per heavy atom. The standard InChI is InChI=1S/C14H14BrClN4O/c1-3-17-13-10(6-9(15)7-18-13)14(21)20-11-5-4-8(2)19-12(11)16/h4-7H,3H2,1-2H3,(H,17,18)(H,20,21). The molecule has 0 aliphatic carbocycles. The highest BCUT2D eigenvalue weighted by Crippen LogP contribution is 2.23. The lowest BCUT2D eigenvalue weighted by Gasteiger charge is -2.11. The van der Waals surface area contributed by atoms with Gasteiger partial charge in [0.2, 0.25) is 0 Å². The fourth-order valence-electron chi connectivity index (χ4n) is 1.73. The van der Waals surface area contributed by atoms with Crippen molar-refractivity contribution in [3.05, 3.63) is 45.3 Å². The van der Waals surface area contributed by atoms with Gasteiger partial charge in [-0.25, -0.2) is 9.97 Å². The molecule has 0 aliphatic heterocycles. The molecule has 0 aromatic carbocycles. The predicted octanol–water partition coefficient (Wildman–Crippen LogP) is 3.89. The van der Waals surface area contributed by atoms with Crippen molar-refractivity contribution < 1.29 is 4.79 Å². The van der Waals surface area contributed by atoms with E-state index in [1.807, 2.05) is 13.8 Å². The highest BCUT2D eigenvalue weighted by molar-refractivity contribution is 9.10. The van der Waals surface area contributed by atoms with Gasteiger partial charge in [-0.15, -0.1) is 0 Å². The van der Waals surface area contributed by atoms with E-state index in [0.29, 0.717) is 23.6 Å². The summed E-state index contributed by atoms with van der Waals surface area (Å²) in [4.78, 5) is 20.7. The first-order valence-electron chi connectivity index (χ1n) is 6.35. The number of aromatic nitrogens is 2. The topological polar surface area (TPSA) is 66.9 Å². The van der Waals surface area contributed by atoms with Gasteiger partial charge in [0.25, 0.3) is 5.91 Å². The van der Waals surface area contributed by atoms with Crippen LogP contribution >= 0.6 is 27.5 Å². The maximum absolute atomic E-state index is 12.4. The van der Waals surface area contributed by atoms with Gasteiger partial charge in [-0.1, -0.05) is 11.6 Å². The number of carbonyl (C=O) groups is 1. The van der Waals surface area contributed by atoms with E-state index in [0.717, 1.165) is 10.2 Å². The summed E-state index contributed by atoms with van der Waals surface area (Å²) in [5.74, 6) is 0.224. The summed E-state index contributed by atoms with van der Waals surface area (Å²) in [5.41, 5.74) is 1.69. The fourth-order valence-corrected chi connectivity index (χ4v) is 2.30. The van der Waals surface area contributed by atoms with E-state index in [4.69, 9.17) is 11.6 Å². The molecule has 0 aliphatic rings. The third kappa shape index (κ3) is 3.92. The molecule has 0 saturated carbocycles. The van der Waals surface area contributed by atoms with Gasteiger partial charge in [-0.3, -0.25) is 4.79 Å². The zero-order chi connectivity index (χ0) is 15.4. The third-order valence-electron chi connectivity index (χ3n) is 2.68. The number of nitrogens with one attached hydrogen (secondary N) is 2. The maximum atomic E-state index is 12.4. The van der Waals surface area contributed by atoms with Crippen molar-refractivity contribution >= 4 is 44.9 Å². The minimum Gasteiger partial charge on any atom is -0.370 e. The van der Waals surface area contributed by atoms with Crippen molar-refractivity contribution in [3.8, 4) is 0 Å². The molecular formula is C14H14BrClN4O. The number of nitrogens with zero attached hydrogens (tertiary/aromatic N) is 2. The van der Waals surface area contributed by atoms with Gasteiger partial charge in [-0.2, -0.15) is 0 Å². The molecule has 21 heavy (non-hydrogen) atoms. The van der Waals surface area contributed by atoms with Crippen LogP contribution in [0.3, 0.4) is 0 Å². The number of halogens is 2. The molecule has 0 radical (unpaired) electrons. The van der Waals surface area contributed by atoms with Crippen LogP contribution < -0.4 is 10.6 Å². The number of amides is 1. The number of hydrogen-bond acceptors (Lipinski definition) is 4. The number of anilines is 2. The second-order valence-electron chi connectivity index (χ2n) is 4.33. The molecule has 0 atom stereocenters. The van der Waals surface area contributed by atoms with Crippen LogP contribution in [-0.4, -0.2) is 22.4 Å². The van der Waals surface area contributed by atoms with Crippen molar-refractivity contribution in [2.75, 3.05) is 17.2 Å². The number of pyridine rings is 2. The average Bonchev–Trinajstić information content (AvgIpc) is 2.44. The van der Waals surface area contributed by atoms with E-state index in [1.165, 1.54) is 0 Å². The van der Waals surface area contributed by atoms with E-state index < -0.39 is 0 Å². The van der Waals surface area contributed by atoms with Crippen LogP contribution in [0.25, 0.3) is 0 Å². The summed E-state index contributed by atoms with van der Waals surface area (Å²) in [6.07, 6.45) is 1.63. The Morgan fingerprint density at radius 3 is 2.86 bits per heavy atom. The number of rotatable bonds is 4. The lowest BCUT2D eigenvalue weighted by molar-refractivity contribution is 0.102. The summed E-state index contributed by atoms with van der Waals surface area (Å²) in [6.45, 7) is 4.44. The maximum Gasteiger partial charge on any atom is 0.259 e. The van der Waals surface area contributed by atoms with Gasteiger partial charge in [0.05, 0.1) is 11.3 Å². The Kier molecular flexibility index (Phi) is 5.14. The summed E-state index contributed by atoms with van der Waals surface area (Å²) in [7, 11) is 0. The number of hydrogen-bond donors (Lipinski definition) is 2. The van der Waals surface area contributed by atoms with Crippen molar-refractivity contribution in [1.29, 1.82) is 0 Å². The summed E-state index contributed by atoms with van der Waals surface area (Å²) < 4.78 is 0.724. The molecule has 110 valence electrons. The molecule has 7 heteroatoms. The Hall–Kier alpha value is -1.66. The normalized spacial score (nSPS) is 10.3. The SMILES string of the molecule is CCNc1ncc(Br)cc1C(=O)Nc1ccc(C)nc1Cl. The van der Waals surface area contributed by atoms with E-state index in [2.05, 4.69) is 36.5 Å². The van der Waals surface area contributed by atoms with Gasteiger partial charge in [-0.05, 0) is 48.0 Å². The van der Waals surface area contributed by atoms with Crippen molar-refractivity contribution in [3.63, 3.8) is 0 Å². The second-order valence-corrected chi connectivity index (χ2v) is 5.60. The smallest absolute Gasteiger partial charge is 0.259 e. The van der Waals surface area contributed by atoms with Gasteiger partial charge in [0.1, 0.15) is 5.82 Å². The minimum absolute atomic E-state index is 0.260. The molecule has 0 bridgehead atoms. The molecular weight excluding hydrogens is 356 g/mol. The molecule has 0 unspecified atom stereocenters. The first-order chi connectivity index (χ1) is 10.0. The highest BCUT2D eigenvalue weighted by Gasteiger charge is 2.15. The van der Waals surface area contributed by atoms with Crippen molar-refractivity contribution in [2.24, 2.45) is 0 Å². The van der Waals surface area contributed by atoms with Crippen LogP contribution in [0.15, 0.2) is 28.9 Å². The second kappa shape index (κ2) is 6.87. The Morgan fingerprint density at radius 2 is 2.19 bits per heavy atom. The van der Waals surface area contributed by atoms with Crippen LogP contribution in [0.5, 0.6) is 0 Å². The molecule has 2 aromatic rings. The van der Waals surface area contributed by atoms with Crippen LogP contribution in [0.1, 0.15) is 23.0 Å². The van der Waals surface area contributed by atoms with Crippen LogP contribution in [-0.2, 0) is 0 Å². The number of aryl methyl sites for hydroxylation is 1. The number of carbonyl (C=O) groups excluding carboxylic acids is 1. The van der Waals surface area contributed by atoms with E-state index >= 15 is 0 Å². The Bertz CT molecular complexity index is 678. The summed E-state index contributed by atoms with van der Waals surface area (Å²) in [5, 5.41) is 6.06. The van der Waals surface area contributed by atoms with Crippen LogP contribution in [0, 0.1) is 6.92 Å². The van der Waals surface area contributed by atoms with E-state index in [-0.39, 0.29) is 11.1 Å². The third-order valence-corrected chi connectivity index (χ3v) is 3.40. The molecule has 2 aromatic heterocycles. The molecule has 0 spiro atoms. The summed E-state index contributed by atoms with van der Waals surface area (Å²) >= 11 is 9.34. The molecule has 1 amide bonds. The van der Waals surface area contributed by atoms with Gasteiger partial charge >= 0.3 is 0 Å².